The summed E-state index contributed by atoms with van der Waals surface area (Å²) in [6.45, 7) is 0. The number of rotatable bonds is 7. The lowest BCUT2D eigenvalue weighted by molar-refractivity contribution is 0.0897. The molecule has 3 aromatic rings. The predicted octanol–water partition coefficient (Wildman–Crippen LogP) is 4.88. The van der Waals surface area contributed by atoms with Crippen LogP contribution in [-0.2, 0) is 6.42 Å². The molecule has 164 valence electrons. The molecule has 8 heteroatoms. The van der Waals surface area contributed by atoms with Gasteiger partial charge >= 0.3 is 0 Å². The van der Waals surface area contributed by atoms with E-state index in [9.17, 15) is 9.59 Å². The lowest BCUT2D eigenvalue weighted by Crippen LogP contribution is -2.29. The fourth-order valence-corrected chi connectivity index (χ4v) is 3.20. The molecule has 0 unspecified atom stereocenters. The van der Waals surface area contributed by atoms with Crippen LogP contribution in [0.3, 0.4) is 0 Å². The van der Waals surface area contributed by atoms with Crippen LogP contribution in [-0.4, -0.2) is 23.4 Å². The van der Waals surface area contributed by atoms with Gasteiger partial charge in [0.25, 0.3) is 5.91 Å². The molecular formula is C24H21Cl2N3O3. The molecule has 0 saturated heterocycles. The highest BCUT2D eigenvalue weighted by atomic mass is 35.5. The lowest BCUT2D eigenvalue weighted by atomic mass is 10.1. The van der Waals surface area contributed by atoms with Crippen LogP contribution in [0, 0.1) is 0 Å². The Hall–Kier alpha value is -3.35. The third kappa shape index (κ3) is 6.33. The number of carbonyl (C=O) groups excluding carboxylic acids is 2. The van der Waals surface area contributed by atoms with E-state index in [1.807, 2.05) is 24.3 Å². The third-order valence-corrected chi connectivity index (χ3v) is 5.27. The summed E-state index contributed by atoms with van der Waals surface area (Å²) in [6.07, 6.45) is 4.92. The molecule has 0 atom stereocenters. The molecule has 6 nitrogen and oxygen atoms in total. The maximum atomic E-state index is 12.8. The number of benzene rings is 2. The fourth-order valence-electron chi connectivity index (χ4n) is 2.88. The molecule has 32 heavy (non-hydrogen) atoms. The molecule has 0 bridgehead atoms. The van der Waals surface area contributed by atoms with Crippen molar-refractivity contribution in [3.05, 3.63) is 106 Å². The van der Waals surface area contributed by atoms with Crippen molar-refractivity contribution in [3.63, 3.8) is 0 Å². The average Bonchev–Trinajstić information content (AvgIpc) is 2.82. The molecule has 0 fully saturated rings. The monoisotopic (exact) mass is 469 g/mol. The van der Waals surface area contributed by atoms with Gasteiger partial charge in [-0.25, -0.2) is 0 Å². The van der Waals surface area contributed by atoms with Gasteiger partial charge in [0.1, 0.15) is 17.5 Å². The van der Waals surface area contributed by atoms with Crippen molar-refractivity contribution in [1.29, 1.82) is 0 Å². The van der Waals surface area contributed by atoms with Gasteiger partial charge in [0.15, 0.2) is 0 Å². The second-order valence-electron chi connectivity index (χ2n) is 6.72. The van der Waals surface area contributed by atoms with E-state index >= 15 is 0 Å². The number of nitrogens with zero attached hydrogens (tertiary/aromatic N) is 2. The topological polar surface area (TPSA) is 72.7 Å². The van der Waals surface area contributed by atoms with Crippen LogP contribution in [0.15, 0.2) is 84.3 Å². The number of hydrogen-bond donors (Lipinski definition) is 1. The average molecular weight is 470 g/mol. The largest absolute Gasteiger partial charge is 0.463 e. The van der Waals surface area contributed by atoms with Crippen LogP contribution in [0.25, 0.3) is 0 Å². The van der Waals surface area contributed by atoms with Gasteiger partial charge in [0.05, 0.1) is 15.6 Å². The van der Waals surface area contributed by atoms with E-state index in [0.29, 0.717) is 33.3 Å². The summed E-state index contributed by atoms with van der Waals surface area (Å²) in [5.41, 5.74) is 1.65. The molecule has 1 aromatic heterocycles. The number of pyridine rings is 1. The molecule has 1 amide bonds. The maximum absolute atomic E-state index is 12.8. The molecular weight excluding hydrogens is 449 g/mol. The Morgan fingerprint density at radius 2 is 1.84 bits per heavy atom. The Morgan fingerprint density at radius 1 is 1.06 bits per heavy atom. The van der Waals surface area contributed by atoms with Gasteiger partial charge in [-0.1, -0.05) is 47.5 Å². The first-order valence-electron chi connectivity index (χ1n) is 9.78. The summed E-state index contributed by atoms with van der Waals surface area (Å²) >= 11 is 12.0. The molecule has 0 aliphatic rings. The first kappa shape index (κ1) is 23.3. The lowest BCUT2D eigenvalue weighted by Gasteiger charge is -2.09. The molecule has 0 spiro atoms. The normalized spacial score (nSPS) is 11.5. The third-order valence-electron chi connectivity index (χ3n) is 4.53. The number of amides is 1. The van der Waals surface area contributed by atoms with Crippen molar-refractivity contribution in [2.75, 3.05) is 7.05 Å². The zero-order chi connectivity index (χ0) is 22.9. The molecule has 0 saturated carbocycles. The Kier molecular flexibility index (Phi) is 8.25. The number of nitrogens with one attached hydrogen (secondary N) is 1. The summed E-state index contributed by atoms with van der Waals surface area (Å²) in [7, 11) is 1.58. The fraction of sp³-hybridized carbons (Fsp3) is 0.125. The maximum Gasteiger partial charge on any atom is 0.256 e. The van der Waals surface area contributed by atoms with Crippen molar-refractivity contribution >= 4 is 35.0 Å². The Labute approximate surface area is 195 Å². The smallest absolute Gasteiger partial charge is 0.256 e. The highest BCUT2D eigenvalue weighted by Gasteiger charge is 2.11. The zero-order valence-electron chi connectivity index (χ0n) is 17.3. The van der Waals surface area contributed by atoms with E-state index in [2.05, 4.69) is 10.3 Å². The second kappa shape index (κ2) is 11.3. The van der Waals surface area contributed by atoms with E-state index in [4.69, 9.17) is 27.9 Å². The summed E-state index contributed by atoms with van der Waals surface area (Å²) in [5.74, 6) is 0.0678. The van der Waals surface area contributed by atoms with Crippen molar-refractivity contribution < 1.29 is 14.3 Å². The SMILES string of the molecule is CN=c1ccc(C(=O)N/C=C/Oc2ccccc2)cn1C(=O)CCc1ccc(Cl)c(Cl)c1. The van der Waals surface area contributed by atoms with Gasteiger partial charge in [-0.2, -0.15) is 0 Å². The number of carbonyl (C=O) groups is 2. The van der Waals surface area contributed by atoms with E-state index < -0.39 is 0 Å². The van der Waals surface area contributed by atoms with E-state index in [1.165, 1.54) is 23.2 Å². The van der Waals surface area contributed by atoms with Gasteiger partial charge in [-0.3, -0.25) is 19.1 Å². The minimum Gasteiger partial charge on any atom is -0.463 e. The van der Waals surface area contributed by atoms with Crippen molar-refractivity contribution in [2.24, 2.45) is 4.99 Å². The van der Waals surface area contributed by atoms with Gasteiger partial charge in [0, 0.05) is 25.9 Å². The Balaban J connectivity index is 1.66. The summed E-state index contributed by atoms with van der Waals surface area (Å²) in [6, 6.07) is 17.7. The molecule has 0 aliphatic carbocycles. The van der Waals surface area contributed by atoms with Crippen LogP contribution in [0.1, 0.15) is 27.1 Å². The Morgan fingerprint density at radius 3 is 2.56 bits per heavy atom. The van der Waals surface area contributed by atoms with Crippen molar-refractivity contribution in [3.8, 4) is 5.75 Å². The summed E-state index contributed by atoms with van der Waals surface area (Å²) < 4.78 is 6.76. The van der Waals surface area contributed by atoms with Crippen molar-refractivity contribution in [1.82, 2.24) is 9.88 Å². The van der Waals surface area contributed by atoms with E-state index in [1.54, 1.807) is 43.4 Å². The van der Waals surface area contributed by atoms with Gasteiger partial charge in [0.2, 0.25) is 5.91 Å². The number of halogens is 2. The Bertz CT molecular complexity index is 1200. The van der Waals surface area contributed by atoms with Crippen LogP contribution < -0.4 is 15.5 Å². The summed E-state index contributed by atoms with van der Waals surface area (Å²) in [4.78, 5) is 29.4. The van der Waals surface area contributed by atoms with E-state index in [-0.39, 0.29) is 18.2 Å². The van der Waals surface area contributed by atoms with Crippen LogP contribution in [0.2, 0.25) is 10.0 Å². The molecule has 2 aromatic carbocycles. The van der Waals surface area contributed by atoms with Gasteiger partial charge in [-0.05, 0) is 48.4 Å². The molecule has 1 heterocycles. The number of aromatic nitrogens is 1. The molecule has 0 aliphatic heterocycles. The van der Waals surface area contributed by atoms with Crippen LogP contribution in [0.4, 0.5) is 0 Å². The van der Waals surface area contributed by atoms with Crippen LogP contribution in [0.5, 0.6) is 5.75 Å². The minimum absolute atomic E-state index is 0.200. The van der Waals surface area contributed by atoms with Crippen LogP contribution >= 0.6 is 23.2 Å². The summed E-state index contributed by atoms with van der Waals surface area (Å²) in [5, 5.41) is 3.52. The predicted molar refractivity (Wildman–Crippen MR) is 125 cm³/mol. The molecule has 3 rings (SSSR count). The number of para-hydroxylation sites is 1. The minimum atomic E-state index is -0.383. The highest BCUT2D eigenvalue weighted by molar-refractivity contribution is 6.42. The quantitative estimate of drug-likeness (QED) is 0.501. The van der Waals surface area contributed by atoms with Crippen molar-refractivity contribution in [2.45, 2.75) is 12.8 Å². The molecule has 0 radical (unpaired) electrons. The second-order valence-corrected chi connectivity index (χ2v) is 7.53. The van der Waals surface area contributed by atoms with E-state index in [0.717, 1.165) is 5.56 Å². The number of aryl methyl sites for hydroxylation is 1. The first-order valence-corrected chi connectivity index (χ1v) is 10.5. The first-order chi connectivity index (χ1) is 15.5. The molecule has 1 N–H and O–H groups in total. The van der Waals surface area contributed by atoms with Gasteiger partial charge in [-0.15, -0.1) is 0 Å². The zero-order valence-corrected chi connectivity index (χ0v) is 18.8. The highest BCUT2D eigenvalue weighted by Crippen LogP contribution is 2.23. The van der Waals surface area contributed by atoms with Gasteiger partial charge < -0.3 is 10.1 Å². The standard InChI is InChI=1S/C24H21Cl2N3O3/c1-27-22-11-9-18(24(31)28-13-14-32-19-5-3-2-4-6-19)16-29(22)23(30)12-8-17-7-10-20(25)21(26)15-17/h2-7,9-11,13-16H,8,12H2,1H3,(H,28,31)/b14-13+,27-22?. The number of hydrogen-bond acceptors (Lipinski definition) is 4. The number of ether oxygens (including phenoxy) is 1.